The van der Waals surface area contributed by atoms with Gasteiger partial charge < -0.3 is 57.4 Å². The van der Waals surface area contributed by atoms with Crippen LogP contribution in [-0.2, 0) is 90.5 Å². The van der Waals surface area contributed by atoms with Crippen molar-refractivity contribution in [2.45, 2.75) is 174 Å². The normalized spacial score (nSPS) is 27.0. The van der Waals surface area contributed by atoms with Gasteiger partial charge in [-0.05, 0) is 52.9 Å². The minimum Gasteiger partial charge on any atom is -0.467 e. The van der Waals surface area contributed by atoms with Crippen LogP contribution in [0.25, 0.3) is 0 Å². The molecule has 21 nitrogen and oxygen atoms in total. The second-order valence-corrected chi connectivity index (χ2v) is 14.9. The van der Waals surface area contributed by atoms with Gasteiger partial charge in [0.05, 0.1) is 25.4 Å². The number of carbonyl (C=O) groups is 9. The highest BCUT2D eigenvalue weighted by Gasteiger charge is 2.54. The summed E-state index contributed by atoms with van der Waals surface area (Å²) >= 11 is 0. The number of methoxy groups -OCH3 is 1. The van der Waals surface area contributed by atoms with E-state index < -0.39 is 133 Å². The molecule has 2 aliphatic rings. The predicted octanol–water partition coefficient (Wildman–Crippen LogP) is 1.69. The van der Waals surface area contributed by atoms with Crippen molar-refractivity contribution in [3.8, 4) is 0 Å². The first kappa shape index (κ1) is 50.1. The number of hydrogen-bond donors (Lipinski definition) is 1. The highest BCUT2D eigenvalue weighted by molar-refractivity contribution is 5.81. The van der Waals surface area contributed by atoms with Gasteiger partial charge in [0, 0.05) is 48.5 Å². The molecular formula is C38H57NO20. The van der Waals surface area contributed by atoms with Crippen LogP contribution in [0.1, 0.15) is 101 Å². The minimum absolute atomic E-state index is 0.0143. The van der Waals surface area contributed by atoms with Gasteiger partial charge in [0.25, 0.3) is 0 Å². The fourth-order valence-corrected chi connectivity index (χ4v) is 6.69. The monoisotopic (exact) mass is 847 g/mol. The third kappa shape index (κ3) is 17.0. The van der Waals surface area contributed by atoms with Crippen LogP contribution in [0.2, 0.25) is 0 Å². The molecular weight excluding hydrogens is 790 g/mol. The lowest BCUT2D eigenvalue weighted by Gasteiger charge is -2.47. The van der Waals surface area contributed by atoms with Crippen LogP contribution in [-0.4, -0.2) is 140 Å². The second kappa shape index (κ2) is 22.9. The van der Waals surface area contributed by atoms with Gasteiger partial charge in [-0.25, -0.2) is 9.59 Å². The predicted molar refractivity (Wildman–Crippen MR) is 196 cm³/mol. The van der Waals surface area contributed by atoms with E-state index in [1.165, 1.54) is 0 Å². The summed E-state index contributed by atoms with van der Waals surface area (Å²) in [4.78, 5) is 111. The van der Waals surface area contributed by atoms with Crippen molar-refractivity contribution in [2.75, 3.05) is 13.7 Å². The van der Waals surface area contributed by atoms with Gasteiger partial charge in [-0.2, -0.15) is 0 Å². The molecule has 2 rings (SSSR count). The molecule has 0 aromatic heterocycles. The molecule has 0 aliphatic carbocycles. The fraction of sp³-hybridized carbons (Fsp3) is 0.763. The largest absolute Gasteiger partial charge is 0.467 e. The number of nitrogens with one attached hydrogen (secondary N) is 1. The van der Waals surface area contributed by atoms with Gasteiger partial charge in [-0.1, -0.05) is 0 Å². The first-order valence-electron chi connectivity index (χ1n) is 19.0. The molecule has 0 aromatic rings. The summed E-state index contributed by atoms with van der Waals surface area (Å²) in [5, 5.41) is 2.47. The molecule has 0 radical (unpaired) electrons. The van der Waals surface area contributed by atoms with E-state index in [1.807, 2.05) is 0 Å². The third-order valence-electron chi connectivity index (χ3n) is 8.62. The van der Waals surface area contributed by atoms with Crippen molar-refractivity contribution < 1.29 is 95.3 Å². The Morgan fingerprint density at radius 3 is 1.24 bits per heavy atom. The molecule has 2 saturated heterocycles. The van der Waals surface area contributed by atoms with Gasteiger partial charge in [0.15, 0.2) is 36.6 Å². The summed E-state index contributed by atoms with van der Waals surface area (Å²) in [6, 6.07) is -1.16. The Morgan fingerprint density at radius 2 is 0.881 bits per heavy atom. The first-order chi connectivity index (χ1) is 27.4. The third-order valence-corrected chi connectivity index (χ3v) is 8.62. The summed E-state index contributed by atoms with van der Waals surface area (Å²) in [5.41, 5.74) is -0.868. The quantitative estimate of drug-likeness (QED) is 0.161. The minimum atomic E-state index is -1.46. The summed E-state index contributed by atoms with van der Waals surface area (Å²) in [6.45, 7) is 12.1. The van der Waals surface area contributed by atoms with Gasteiger partial charge in [0.2, 0.25) is 0 Å². The van der Waals surface area contributed by atoms with E-state index in [0.29, 0.717) is 0 Å². The maximum Gasteiger partial charge on any atom is 0.408 e. The molecule has 0 bridgehead atoms. The van der Waals surface area contributed by atoms with Crippen molar-refractivity contribution in [1.29, 1.82) is 0 Å². The summed E-state index contributed by atoms with van der Waals surface area (Å²) in [5.74, 6) is -6.38. The number of alkyl carbamates (subject to hydrolysis) is 1. The maximum absolute atomic E-state index is 12.6. The lowest BCUT2D eigenvalue weighted by molar-refractivity contribution is -0.261. The molecule has 0 aromatic carbocycles. The van der Waals surface area contributed by atoms with E-state index >= 15 is 0 Å². The molecule has 1 amide bonds. The van der Waals surface area contributed by atoms with Crippen LogP contribution >= 0.6 is 0 Å². The molecule has 21 heteroatoms. The van der Waals surface area contributed by atoms with Gasteiger partial charge in [-0.15, -0.1) is 0 Å². The molecule has 11 atom stereocenters. The van der Waals surface area contributed by atoms with E-state index in [-0.39, 0.29) is 32.1 Å². The van der Waals surface area contributed by atoms with Crippen LogP contribution in [0.15, 0.2) is 0 Å². The standard InChI is InChI=1S/C38H57NO20/c1-18(40)50-17-29-33(54-22(5)44)35(56-24(7)46)32(53-21(4)43)28(58-29)16-15-27-31(52-20(3)42)34(55-23(6)45)30(51-19(2)41)26(57-27)14-12-13-25(36(47)49-11)39-37(48)59-38(8,9)10/h25-35H,12-17H2,1-11H3,(H,39,48)/t25-,26+,27+,28-,29+,30-,31+,32-,33+,34+,35+/m0/s1. The molecule has 334 valence electrons. The molecule has 0 unspecified atom stereocenters. The van der Waals surface area contributed by atoms with Crippen molar-refractivity contribution in [3.05, 3.63) is 0 Å². The van der Waals surface area contributed by atoms with Crippen LogP contribution in [0, 0.1) is 0 Å². The molecule has 2 aliphatic heterocycles. The van der Waals surface area contributed by atoms with E-state index in [1.54, 1.807) is 20.8 Å². The van der Waals surface area contributed by atoms with Gasteiger partial charge >= 0.3 is 53.8 Å². The number of ether oxygens (including phenoxy) is 11. The number of rotatable bonds is 17. The van der Waals surface area contributed by atoms with E-state index in [4.69, 9.17) is 52.1 Å². The summed E-state index contributed by atoms with van der Waals surface area (Å²) in [6.07, 6.45) is -14.2. The van der Waals surface area contributed by atoms with Crippen molar-refractivity contribution >= 4 is 53.8 Å². The van der Waals surface area contributed by atoms with E-state index in [9.17, 15) is 43.2 Å². The SMILES string of the molecule is COC(=O)[C@H](CCC[C@H]1O[C@H](CC[C@@H]2O[C@H](COC(C)=O)[C@@H](OC(C)=O)[C@H](OC(C)=O)[C@H]2OC(C)=O)[C@@H](OC(C)=O)[C@H](OC(C)=O)[C@H]1OC(C)=O)NC(=O)OC(C)(C)C. The summed E-state index contributed by atoms with van der Waals surface area (Å²) < 4.78 is 61.4. The number of amides is 1. The lowest BCUT2D eigenvalue weighted by atomic mass is 9.87. The number of hydrogen-bond acceptors (Lipinski definition) is 20. The smallest absolute Gasteiger partial charge is 0.408 e. The molecule has 2 heterocycles. The van der Waals surface area contributed by atoms with Crippen LogP contribution in [0.5, 0.6) is 0 Å². The molecule has 1 N–H and O–H groups in total. The van der Waals surface area contributed by atoms with Gasteiger partial charge in [0.1, 0.15) is 24.4 Å². The maximum atomic E-state index is 12.6. The Labute approximate surface area is 341 Å². The number of carbonyl (C=O) groups excluding carboxylic acids is 9. The lowest BCUT2D eigenvalue weighted by Crippen LogP contribution is -2.63. The fourth-order valence-electron chi connectivity index (χ4n) is 6.69. The Kier molecular flexibility index (Phi) is 19.5. The Balaban J connectivity index is 2.58. The average molecular weight is 848 g/mol. The van der Waals surface area contributed by atoms with Gasteiger partial charge in [-0.3, -0.25) is 33.6 Å². The molecule has 0 saturated carbocycles. The Hall–Kier alpha value is -5.05. The molecule has 2 fully saturated rings. The van der Waals surface area contributed by atoms with Crippen molar-refractivity contribution in [2.24, 2.45) is 0 Å². The van der Waals surface area contributed by atoms with Crippen LogP contribution in [0.3, 0.4) is 0 Å². The van der Waals surface area contributed by atoms with E-state index in [0.717, 1.165) is 55.6 Å². The van der Waals surface area contributed by atoms with Crippen molar-refractivity contribution in [3.63, 3.8) is 0 Å². The molecule has 59 heavy (non-hydrogen) atoms. The first-order valence-corrected chi connectivity index (χ1v) is 19.0. The number of esters is 8. The highest BCUT2D eigenvalue weighted by Crippen LogP contribution is 2.36. The van der Waals surface area contributed by atoms with E-state index in [2.05, 4.69) is 5.32 Å². The Morgan fingerprint density at radius 1 is 0.525 bits per heavy atom. The average Bonchev–Trinajstić information content (AvgIpc) is 3.08. The van der Waals surface area contributed by atoms with Crippen LogP contribution < -0.4 is 5.32 Å². The zero-order valence-corrected chi connectivity index (χ0v) is 35.3. The summed E-state index contributed by atoms with van der Waals surface area (Å²) in [7, 11) is 1.14. The highest BCUT2D eigenvalue weighted by atomic mass is 16.7. The van der Waals surface area contributed by atoms with Crippen molar-refractivity contribution in [1.82, 2.24) is 5.32 Å². The second-order valence-electron chi connectivity index (χ2n) is 14.9. The molecule has 0 spiro atoms. The Bertz CT molecular complexity index is 1520. The van der Waals surface area contributed by atoms with Crippen LogP contribution in [0.4, 0.5) is 4.79 Å². The topological polar surface area (TPSA) is 267 Å². The zero-order valence-electron chi connectivity index (χ0n) is 35.3. The zero-order chi connectivity index (χ0) is 44.8.